The van der Waals surface area contributed by atoms with Crippen molar-refractivity contribution in [1.29, 1.82) is 15.8 Å². The van der Waals surface area contributed by atoms with Crippen molar-refractivity contribution in [1.82, 2.24) is 4.40 Å². The van der Waals surface area contributed by atoms with Crippen LogP contribution in [-0.4, -0.2) is 43.1 Å². The highest BCUT2D eigenvalue weighted by Gasteiger charge is 2.37. The van der Waals surface area contributed by atoms with Gasteiger partial charge >= 0.3 is 5.97 Å². The fourth-order valence-corrected chi connectivity index (χ4v) is 5.26. The molecule has 1 aliphatic carbocycles. The first-order valence-electron chi connectivity index (χ1n) is 11.2. The van der Waals surface area contributed by atoms with Crippen molar-refractivity contribution >= 4 is 45.9 Å². The molecule has 1 aliphatic rings. The Kier molecular flexibility index (Phi) is 6.89. The van der Waals surface area contributed by atoms with Gasteiger partial charge < -0.3 is 14.0 Å². The van der Waals surface area contributed by atoms with E-state index in [9.17, 15) is 25.4 Å². The molecule has 0 amide bonds. The van der Waals surface area contributed by atoms with Crippen molar-refractivity contribution in [2.75, 3.05) is 31.9 Å². The highest BCUT2D eigenvalue weighted by atomic mass is 32.2. The van der Waals surface area contributed by atoms with E-state index >= 15 is 0 Å². The van der Waals surface area contributed by atoms with Crippen molar-refractivity contribution in [2.45, 2.75) is 11.8 Å². The van der Waals surface area contributed by atoms with E-state index in [0.29, 0.717) is 27.2 Å². The Morgan fingerprint density at radius 1 is 1.05 bits per heavy atom. The fraction of sp³-hybridized carbons (Fsp3) is 0.179. The number of hydrogen-bond donors (Lipinski definition) is 0. The number of nitrogens with zero attached hydrogens (tertiary/aromatic N) is 5. The van der Waals surface area contributed by atoms with Crippen LogP contribution in [0.3, 0.4) is 0 Å². The number of rotatable bonds is 5. The lowest BCUT2D eigenvalue weighted by Gasteiger charge is -2.13. The van der Waals surface area contributed by atoms with Crippen LogP contribution in [-0.2, 0) is 4.74 Å². The predicted molar refractivity (Wildman–Crippen MR) is 141 cm³/mol. The second-order valence-electron chi connectivity index (χ2n) is 8.22. The molecule has 0 unspecified atom stereocenters. The second-order valence-corrected chi connectivity index (χ2v) is 9.04. The van der Waals surface area contributed by atoms with Gasteiger partial charge in [0.25, 0.3) is 0 Å². The number of allylic oxidation sites excluding steroid dienone is 4. The molecule has 0 bridgehead atoms. The van der Waals surface area contributed by atoms with E-state index in [1.165, 1.54) is 11.8 Å². The molecule has 0 aliphatic heterocycles. The quantitative estimate of drug-likeness (QED) is 0.207. The van der Waals surface area contributed by atoms with Gasteiger partial charge in [0.1, 0.15) is 23.8 Å². The molecule has 0 radical (unpaired) electrons. The van der Waals surface area contributed by atoms with Crippen LogP contribution in [0.25, 0.3) is 16.7 Å². The predicted octanol–water partition coefficient (Wildman–Crippen LogP) is 4.88. The third kappa shape index (κ3) is 3.94. The summed E-state index contributed by atoms with van der Waals surface area (Å²) in [5.41, 5.74) is 2.41. The SMILES string of the molecule is CCOC(=O)c1c(SC)c(/C(C#N)=C2\C(=O)c3ccccc3C2=C(C#N)C#N)n2ccc(N(C)C)cc12. The van der Waals surface area contributed by atoms with Gasteiger partial charge in [-0.15, -0.1) is 11.8 Å². The first kappa shape index (κ1) is 25.3. The molecular weight excluding hydrogens is 486 g/mol. The number of ether oxygens (including phenoxy) is 1. The zero-order valence-electron chi connectivity index (χ0n) is 20.6. The van der Waals surface area contributed by atoms with Crippen LogP contribution in [0.1, 0.15) is 38.9 Å². The van der Waals surface area contributed by atoms with Gasteiger partial charge in [-0.25, -0.2) is 4.79 Å². The smallest absolute Gasteiger partial charge is 0.341 e. The zero-order chi connectivity index (χ0) is 26.9. The van der Waals surface area contributed by atoms with Gasteiger partial charge in [0, 0.05) is 42.0 Å². The number of fused-ring (bicyclic) bond motifs is 2. The number of anilines is 1. The molecule has 37 heavy (non-hydrogen) atoms. The third-order valence-electron chi connectivity index (χ3n) is 6.07. The van der Waals surface area contributed by atoms with Crippen LogP contribution in [0.4, 0.5) is 5.69 Å². The molecule has 9 heteroatoms. The van der Waals surface area contributed by atoms with Crippen molar-refractivity contribution in [2.24, 2.45) is 0 Å². The molecule has 3 aromatic rings. The fourth-order valence-electron chi connectivity index (χ4n) is 4.48. The lowest BCUT2D eigenvalue weighted by atomic mass is 9.94. The molecule has 182 valence electrons. The standard InChI is InChI=1S/C28H21N5O3S/c1-5-36-28(35)24-21-12-17(32(2)3)10-11-33(21)25(27(24)37-4)20(15-31)23-22(16(13-29)14-30)18-8-6-7-9-19(18)26(23)34/h6-12H,5H2,1-4H3/b23-20-. The monoisotopic (exact) mass is 507 g/mol. The first-order valence-corrected chi connectivity index (χ1v) is 12.5. The summed E-state index contributed by atoms with van der Waals surface area (Å²) in [7, 11) is 3.74. The van der Waals surface area contributed by atoms with Crippen LogP contribution in [0, 0.1) is 34.0 Å². The minimum atomic E-state index is -0.555. The molecule has 0 N–H and O–H groups in total. The highest BCUT2D eigenvalue weighted by Crippen LogP contribution is 2.45. The largest absolute Gasteiger partial charge is 0.462 e. The van der Waals surface area contributed by atoms with Crippen molar-refractivity contribution in [3.8, 4) is 18.2 Å². The van der Waals surface area contributed by atoms with Crippen LogP contribution in [0.2, 0.25) is 0 Å². The number of pyridine rings is 1. The summed E-state index contributed by atoms with van der Waals surface area (Å²) < 4.78 is 7.04. The number of Topliss-reactive ketones (excluding diaryl/α,β-unsaturated/α-hetero) is 1. The lowest BCUT2D eigenvalue weighted by Crippen LogP contribution is -2.09. The minimum Gasteiger partial charge on any atom is -0.462 e. The number of carbonyl (C=O) groups is 2. The maximum absolute atomic E-state index is 13.7. The normalized spacial score (nSPS) is 13.4. The van der Waals surface area contributed by atoms with Gasteiger partial charge in [0.05, 0.1) is 34.5 Å². The number of carbonyl (C=O) groups excluding carboxylic acids is 2. The van der Waals surface area contributed by atoms with Crippen molar-refractivity contribution in [3.05, 3.63) is 76.1 Å². The lowest BCUT2D eigenvalue weighted by molar-refractivity contribution is 0.0525. The number of benzene rings is 1. The Balaban J connectivity index is 2.21. The second kappa shape index (κ2) is 10.1. The number of hydrogen-bond acceptors (Lipinski definition) is 8. The highest BCUT2D eigenvalue weighted by molar-refractivity contribution is 7.98. The summed E-state index contributed by atoms with van der Waals surface area (Å²) in [5, 5.41) is 29.9. The Labute approximate surface area is 218 Å². The average molecular weight is 508 g/mol. The van der Waals surface area contributed by atoms with E-state index in [1.807, 2.05) is 43.3 Å². The summed E-state index contributed by atoms with van der Waals surface area (Å²) in [4.78, 5) is 29.2. The zero-order valence-corrected chi connectivity index (χ0v) is 21.4. The molecule has 0 saturated heterocycles. The molecule has 0 saturated carbocycles. The summed E-state index contributed by atoms with van der Waals surface area (Å²) in [6.07, 6.45) is 3.50. The summed E-state index contributed by atoms with van der Waals surface area (Å²) in [6.45, 7) is 1.87. The molecule has 0 spiro atoms. The van der Waals surface area contributed by atoms with Crippen LogP contribution in [0.15, 0.2) is 58.6 Å². The molecular formula is C28H21N5O3S. The number of ketones is 1. The van der Waals surface area contributed by atoms with Gasteiger partial charge in [-0.05, 0) is 30.9 Å². The summed E-state index contributed by atoms with van der Waals surface area (Å²) in [6, 6.07) is 16.2. The van der Waals surface area contributed by atoms with E-state index in [-0.39, 0.29) is 34.5 Å². The molecule has 2 aromatic heterocycles. The molecule has 2 heterocycles. The first-order chi connectivity index (χ1) is 17.8. The Hall–Kier alpha value is -4.78. The molecule has 0 fully saturated rings. The van der Waals surface area contributed by atoms with Crippen molar-refractivity contribution in [3.63, 3.8) is 0 Å². The van der Waals surface area contributed by atoms with Gasteiger partial charge in [-0.3, -0.25) is 4.79 Å². The molecule has 1 aromatic carbocycles. The van der Waals surface area contributed by atoms with Crippen LogP contribution < -0.4 is 4.90 Å². The van der Waals surface area contributed by atoms with Gasteiger partial charge in [-0.1, -0.05) is 24.3 Å². The molecule has 8 nitrogen and oxygen atoms in total. The van der Waals surface area contributed by atoms with Crippen LogP contribution >= 0.6 is 11.8 Å². The maximum atomic E-state index is 13.7. The third-order valence-corrected chi connectivity index (χ3v) is 6.87. The van der Waals surface area contributed by atoms with Crippen molar-refractivity contribution < 1.29 is 14.3 Å². The summed E-state index contributed by atoms with van der Waals surface area (Å²) in [5.74, 6) is -1.02. The number of nitriles is 3. The molecule has 4 rings (SSSR count). The molecule has 0 atom stereocenters. The van der Waals surface area contributed by atoms with Gasteiger partial charge in [0.15, 0.2) is 5.78 Å². The van der Waals surface area contributed by atoms with E-state index in [2.05, 4.69) is 6.07 Å². The van der Waals surface area contributed by atoms with Gasteiger partial charge in [0.2, 0.25) is 0 Å². The summed E-state index contributed by atoms with van der Waals surface area (Å²) >= 11 is 1.25. The van der Waals surface area contributed by atoms with E-state index in [0.717, 1.165) is 5.69 Å². The average Bonchev–Trinajstić information content (AvgIpc) is 3.38. The Morgan fingerprint density at radius 3 is 2.30 bits per heavy atom. The van der Waals surface area contributed by atoms with E-state index in [1.54, 1.807) is 48.0 Å². The van der Waals surface area contributed by atoms with Gasteiger partial charge in [-0.2, -0.15) is 15.8 Å². The van der Waals surface area contributed by atoms with E-state index in [4.69, 9.17) is 4.74 Å². The van der Waals surface area contributed by atoms with Crippen LogP contribution in [0.5, 0.6) is 0 Å². The topological polar surface area (TPSA) is 122 Å². The number of esters is 1. The Morgan fingerprint density at radius 2 is 1.73 bits per heavy atom. The minimum absolute atomic E-state index is 0.0355. The van der Waals surface area contributed by atoms with E-state index < -0.39 is 11.8 Å². The Bertz CT molecular complexity index is 1660. The maximum Gasteiger partial charge on any atom is 0.341 e. The number of thioether (sulfide) groups is 1. The number of aromatic nitrogens is 1.